The summed E-state index contributed by atoms with van der Waals surface area (Å²) in [6.45, 7) is 0.950. The van der Waals surface area contributed by atoms with Gasteiger partial charge in [-0.15, -0.1) is 24.0 Å². The molecule has 1 saturated heterocycles. The monoisotopic (exact) mass is 470 g/mol. The first-order valence-corrected chi connectivity index (χ1v) is 7.79. The van der Waals surface area contributed by atoms with Crippen LogP contribution in [0.3, 0.4) is 0 Å². The maximum Gasteiger partial charge on any atom is 0.390 e. The van der Waals surface area contributed by atoms with Crippen molar-refractivity contribution < 1.29 is 18.0 Å². The summed E-state index contributed by atoms with van der Waals surface area (Å²) >= 11 is 0. The second kappa shape index (κ2) is 9.83. The Morgan fingerprint density at radius 3 is 2.44 bits per heavy atom. The number of carbonyl (C=O) groups excluding carboxylic acids is 1. The van der Waals surface area contributed by atoms with E-state index in [0.717, 1.165) is 24.2 Å². The van der Waals surface area contributed by atoms with E-state index in [2.05, 4.69) is 15.6 Å². The normalized spacial score (nSPS) is 15.1. The summed E-state index contributed by atoms with van der Waals surface area (Å²) in [5.41, 5.74) is 1.82. The highest BCUT2D eigenvalue weighted by molar-refractivity contribution is 14.0. The van der Waals surface area contributed by atoms with E-state index in [1.807, 2.05) is 24.3 Å². The number of nitrogens with zero attached hydrogens (tertiary/aromatic N) is 2. The van der Waals surface area contributed by atoms with Gasteiger partial charge in [0.2, 0.25) is 5.91 Å². The van der Waals surface area contributed by atoms with Crippen LogP contribution in [0.15, 0.2) is 29.3 Å². The molecule has 5 nitrogen and oxygen atoms in total. The number of anilines is 1. The molecular formula is C16H22F3IN4O. The van der Waals surface area contributed by atoms with Gasteiger partial charge in [-0.25, -0.2) is 0 Å². The molecule has 25 heavy (non-hydrogen) atoms. The first kappa shape index (κ1) is 21.5. The van der Waals surface area contributed by atoms with Crippen molar-refractivity contribution in [3.05, 3.63) is 29.8 Å². The fourth-order valence-electron chi connectivity index (χ4n) is 2.44. The highest BCUT2D eigenvalue weighted by atomic mass is 127. The topological polar surface area (TPSA) is 56.7 Å². The Labute approximate surface area is 162 Å². The summed E-state index contributed by atoms with van der Waals surface area (Å²) in [5, 5.41) is 5.58. The number of aliphatic imine (C=N–C) groups is 1. The highest BCUT2D eigenvalue weighted by Crippen LogP contribution is 2.21. The molecule has 0 spiro atoms. The minimum atomic E-state index is -4.19. The van der Waals surface area contributed by atoms with E-state index >= 15 is 0 Å². The van der Waals surface area contributed by atoms with Gasteiger partial charge < -0.3 is 15.5 Å². The minimum Gasteiger partial charge on any atom is -0.356 e. The van der Waals surface area contributed by atoms with E-state index in [1.165, 1.54) is 7.05 Å². The molecule has 0 unspecified atom stereocenters. The van der Waals surface area contributed by atoms with Crippen molar-refractivity contribution >= 4 is 41.5 Å². The van der Waals surface area contributed by atoms with E-state index in [0.29, 0.717) is 18.9 Å². The molecule has 0 atom stereocenters. The van der Waals surface area contributed by atoms with Crippen LogP contribution in [-0.4, -0.2) is 38.2 Å². The lowest BCUT2D eigenvalue weighted by Gasteiger charge is -2.16. The van der Waals surface area contributed by atoms with Gasteiger partial charge >= 0.3 is 6.18 Å². The second-order valence-electron chi connectivity index (χ2n) is 5.53. The first-order valence-electron chi connectivity index (χ1n) is 7.79. The van der Waals surface area contributed by atoms with E-state index in [1.54, 1.807) is 4.90 Å². The zero-order valence-corrected chi connectivity index (χ0v) is 16.2. The lowest BCUT2D eigenvalue weighted by atomic mass is 10.2. The van der Waals surface area contributed by atoms with Crippen molar-refractivity contribution in [2.45, 2.75) is 32.0 Å². The number of benzene rings is 1. The van der Waals surface area contributed by atoms with Gasteiger partial charge in [0.25, 0.3) is 0 Å². The Morgan fingerprint density at radius 1 is 1.24 bits per heavy atom. The SMILES string of the molecule is CN=C(NCCC(F)(F)F)NCc1ccc(N2CCCC2=O)cc1.I. The summed E-state index contributed by atoms with van der Waals surface area (Å²) in [7, 11) is 1.50. The largest absolute Gasteiger partial charge is 0.390 e. The fraction of sp³-hybridized carbons (Fsp3) is 0.500. The molecule has 2 rings (SSSR count). The zero-order chi connectivity index (χ0) is 17.6. The lowest BCUT2D eigenvalue weighted by molar-refractivity contribution is -0.132. The molecule has 1 aromatic rings. The Bertz CT molecular complexity index is 590. The average Bonchev–Trinajstić information content (AvgIpc) is 2.96. The molecule has 1 amide bonds. The zero-order valence-electron chi connectivity index (χ0n) is 13.9. The Morgan fingerprint density at radius 2 is 1.92 bits per heavy atom. The van der Waals surface area contributed by atoms with Crippen molar-refractivity contribution in [2.75, 3.05) is 25.0 Å². The maximum absolute atomic E-state index is 12.1. The molecular weight excluding hydrogens is 448 g/mol. The number of hydrogen-bond donors (Lipinski definition) is 2. The summed E-state index contributed by atoms with van der Waals surface area (Å²) < 4.78 is 36.4. The molecule has 2 N–H and O–H groups in total. The van der Waals surface area contributed by atoms with Gasteiger partial charge in [0, 0.05) is 38.8 Å². The van der Waals surface area contributed by atoms with Crippen LogP contribution in [0.25, 0.3) is 0 Å². The van der Waals surface area contributed by atoms with Crippen LogP contribution in [0.2, 0.25) is 0 Å². The molecule has 0 radical (unpaired) electrons. The van der Waals surface area contributed by atoms with Crippen LogP contribution >= 0.6 is 24.0 Å². The third-order valence-electron chi connectivity index (χ3n) is 3.71. The Hall–Kier alpha value is -1.52. The van der Waals surface area contributed by atoms with E-state index < -0.39 is 12.6 Å². The smallest absolute Gasteiger partial charge is 0.356 e. The summed E-state index contributed by atoms with van der Waals surface area (Å²) in [6.07, 6.45) is -3.63. The van der Waals surface area contributed by atoms with Crippen molar-refractivity contribution in [2.24, 2.45) is 4.99 Å². The molecule has 0 saturated carbocycles. The lowest BCUT2D eigenvalue weighted by Crippen LogP contribution is -2.38. The van der Waals surface area contributed by atoms with Crippen molar-refractivity contribution in [3.63, 3.8) is 0 Å². The fourth-order valence-corrected chi connectivity index (χ4v) is 2.44. The molecule has 1 aliphatic rings. The number of carbonyl (C=O) groups is 1. The number of hydrogen-bond acceptors (Lipinski definition) is 2. The van der Waals surface area contributed by atoms with E-state index in [9.17, 15) is 18.0 Å². The minimum absolute atomic E-state index is 0. The summed E-state index contributed by atoms with van der Waals surface area (Å²) in [4.78, 5) is 17.3. The van der Waals surface area contributed by atoms with Crippen LogP contribution in [0, 0.1) is 0 Å². The Kier molecular flexibility index (Phi) is 8.46. The van der Waals surface area contributed by atoms with Gasteiger partial charge in [0.1, 0.15) is 0 Å². The van der Waals surface area contributed by atoms with Crippen LogP contribution in [0.5, 0.6) is 0 Å². The number of alkyl halides is 3. The molecule has 0 aliphatic carbocycles. The molecule has 0 aromatic heterocycles. The number of guanidine groups is 1. The van der Waals surface area contributed by atoms with E-state index in [-0.39, 0.29) is 36.4 Å². The van der Waals surface area contributed by atoms with Crippen molar-refractivity contribution in [1.82, 2.24) is 10.6 Å². The number of halogens is 4. The molecule has 1 fully saturated rings. The number of rotatable bonds is 5. The Balaban J connectivity index is 0.00000312. The van der Waals surface area contributed by atoms with Gasteiger partial charge in [-0.1, -0.05) is 12.1 Å². The predicted octanol–water partition coefficient (Wildman–Crippen LogP) is 3.05. The third-order valence-corrected chi connectivity index (χ3v) is 3.71. The predicted molar refractivity (Wildman–Crippen MR) is 102 cm³/mol. The summed E-state index contributed by atoms with van der Waals surface area (Å²) in [5.74, 6) is 0.452. The van der Waals surface area contributed by atoms with Gasteiger partial charge in [0.15, 0.2) is 5.96 Å². The standard InChI is InChI=1S/C16H21F3N4O.HI/c1-20-15(21-9-8-16(17,18)19)22-11-12-4-6-13(7-5-12)23-10-2-3-14(23)24;/h4-7H,2-3,8-11H2,1H3,(H2,20,21,22);1H. The number of nitrogens with one attached hydrogen (secondary N) is 2. The van der Waals surface area contributed by atoms with Crippen LogP contribution in [-0.2, 0) is 11.3 Å². The van der Waals surface area contributed by atoms with Crippen molar-refractivity contribution in [1.29, 1.82) is 0 Å². The quantitative estimate of drug-likeness (QED) is 0.395. The van der Waals surface area contributed by atoms with Gasteiger partial charge in [-0.2, -0.15) is 13.2 Å². The highest BCUT2D eigenvalue weighted by Gasteiger charge is 2.26. The van der Waals surface area contributed by atoms with Crippen molar-refractivity contribution in [3.8, 4) is 0 Å². The second-order valence-corrected chi connectivity index (χ2v) is 5.53. The average molecular weight is 470 g/mol. The molecule has 1 aromatic carbocycles. The molecule has 9 heteroatoms. The molecule has 1 aliphatic heterocycles. The number of amides is 1. The summed E-state index contributed by atoms with van der Waals surface area (Å²) in [6, 6.07) is 7.52. The van der Waals surface area contributed by atoms with Crippen LogP contribution in [0.4, 0.5) is 18.9 Å². The van der Waals surface area contributed by atoms with Gasteiger partial charge in [-0.05, 0) is 24.1 Å². The van der Waals surface area contributed by atoms with Gasteiger partial charge in [0.05, 0.1) is 6.42 Å². The van der Waals surface area contributed by atoms with Crippen LogP contribution in [0.1, 0.15) is 24.8 Å². The third kappa shape index (κ3) is 7.09. The molecule has 0 bridgehead atoms. The molecule has 1 heterocycles. The molecule has 140 valence electrons. The van der Waals surface area contributed by atoms with Crippen LogP contribution < -0.4 is 15.5 Å². The maximum atomic E-state index is 12.1. The van der Waals surface area contributed by atoms with Gasteiger partial charge in [-0.3, -0.25) is 9.79 Å². The van der Waals surface area contributed by atoms with E-state index in [4.69, 9.17) is 0 Å². The first-order chi connectivity index (χ1) is 11.4.